The summed E-state index contributed by atoms with van der Waals surface area (Å²) in [5, 5.41) is 9.76. The number of aliphatic hydroxyl groups is 1. The molecule has 3 fully saturated rings. The van der Waals surface area contributed by atoms with Crippen molar-refractivity contribution in [2.24, 2.45) is 11.8 Å². The first-order valence-corrected chi connectivity index (χ1v) is 11.3. The maximum atomic E-state index is 13.4. The highest BCUT2D eigenvalue weighted by atomic mass is 16.6. The minimum Gasteiger partial charge on any atom is -0.504 e. The Hall–Kier alpha value is -3.09. The molecule has 0 aromatic heterocycles. The number of ether oxygens (including phenoxy) is 1. The predicted octanol–water partition coefficient (Wildman–Crippen LogP) is 3.37. The number of benzene rings is 1. The van der Waals surface area contributed by atoms with E-state index in [4.69, 9.17) is 4.74 Å². The largest absolute Gasteiger partial charge is 0.504 e. The summed E-state index contributed by atoms with van der Waals surface area (Å²) in [7, 11) is 0. The van der Waals surface area contributed by atoms with Gasteiger partial charge >= 0.3 is 6.09 Å². The van der Waals surface area contributed by atoms with Gasteiger partial charge in [-0.25, -0.2) is 4.79 Å². The van der Waals surface area contributed by atoms with Crippen molar-refractivity contribution in [2.75, 3.05) is 13.1 Å². The van der Waals surface area contributed by atoms with Crippen molar-refractivity contribution in [3.63, 3.8) is 0 Å². The number of amides is 2. The van der Waals surface area contributed by atoms with Gasteiger partial charge in [0, 0.05) is 12.6 Å². The number of fused-ring (bicyclic) bond motifs is 2. The van der Waals surface area contributed by atoms with Crippen LogP contribution in [-0.2, 0) is 20.9 Å². The zero-order valence-electron chi connectivity index (χ0n) is 18.2. The lowest BCUT2D eigenvalue weighted by Gasteiger charge is -2.31. The number of ketones is 1. The summed E-state index contributed by atoms with van der Waals surface area (Å²) in [6.45, 7) is 2.80. The van der Waals surface area contributed by atoms with Crippen LogP contribution in [0.15, 0.2) is 53.8 Å². The molecule has 2 saturated carbocycles. The van der Waals surface area contributed by atoms with Crippen molar-refractivity contribution in [3.05, 3.63) is 59.4 Å². The lowest BCUT2D eigenvalue weighted by Crippen LogP contribution is -2.46. The summed E-state index contributed by atoms with van der Waals surface area (Å²) < 4.78 is 5.78. The summed E-state index contributed by atoms with van der Waals surface area (Å²) in [6, 6.07) is 10.00. The Labute approximate surface area is 187 Å². The number of allylic oxidation sites excluding steroid dienone is 3. The third-order valence-corrected chi connectivity index (χ3v) is 7.35. The van der Waals surface area contributed by atoms with Gasteiger partial charge in [0.1, 0.15) is 6.54 Å². The van der Waals surface area contributed by atoms with Crippen molar-refractivity contribution in [2.45, 2.75) is 50.8 Å². The van der Waals surface area contributed by atoms with Crippen molar-refractivity contribution < 1.29 is 24.2 Å². The maximum absolute atomic E-state index is 13.4. The Morgan fingerprint density at radius 2 is 1.97 bits per heavy atom. The minimum absolute atomic E-state index is 0.0442. The molecule has 0 radical (unpaired) electrons. The van der Waals surface area contributed by atoms with E-state index in [1.807, 2.05) is 35.2 Å². The zero-order chi connectivity index (χ0) is 22.5. The number of carbonyl (C=O) groups is 3. The highest BCUT2D eigenvalue weighted by molar-refractivity contribution is 5.99. The van der Waals surface area contributed by atoms with Gasteiger partial charge in [0.2, 0.25) is 11.7 Å². The summed E-state index contributed by atoms with van der Waals surface area (Å²) in [4.78, 5) is 41.8. The quantitative estimate of drug-likeness (QED) is 0.739. The van der Waals surface area contributed by atoms with Gasteiger partial charge in [-0.05, 0) is 55.7 Å². The van der Waals surface area contributed by atoms with Gasteiger partial charge in [0.25, 0.3) is 0 Å². The van der Waals surface area contributed by atoms with Crippen LogP contribution in [0.1, 0.15) is 38.2 Å². The highest BCUT2D eigenvalue weighted by Crippen LogP contribution is 2.48. The SMILES string of the molecule is C[C@@H](C1CC1)N(Cc1ccccc1)C(=O)CN1CC2(CCC3C(=O)C(O)=CC=C32)OC1=O. The lowest BCUT2D eigenvalue weighted by molar-refractivity contribution is -0.135. The van der Waals surface area contributed by atoms with E-state index in [9.17, 15) is 19.5 Å². The van der Waals surface area contributed by atoms with Crippen LogP contribution in [0.3, 0.4) is 0 Å². The van der Waals surface area contributed by atoms with Crippen LogP contribution in [0.5, 0.6) is 0 Å². The average molecular weight is 437 g/mol. The van der Waals surface area contributed by atoms with E-state index < -0.39 is 17.6 Å². The van der Waals surface area contributed by atoms with E-state index in [0.29, 0.717) is 25.3 Å². The second kappa shape index (κ2) is 7.80. The first-order valence-electron chi connectivity index (χ1n) is 11.3. The van der Waals surface area contributed by atoms with Crippen molar-refractivity contribution in [3.8, 4) is 0 Å². The molecule has 4 aliphatic rings. The van der Waals surface area contributed by atoms with Gasteiger partial charge in [-0.15, -0.1) is 0 Å². The van der Waals surface area contributed by atoms with E-state index in [0.717, 1.165) is 24.0 Å². The Morgan fingerprint density at radius 1 is 1.22 bits per heavy atom. The van der Waals surface area contributed by atoms with Gasteiger partial charge in [0.15, 0.2) is 11.4 Å². The standard InChI is InChI=1S/C25H28N2O5/c1-16(18-7-8-18)27(13-17-5-3-2-4-6-17)22(29)14-26-15-25(32-24(26)31)12-11-19-20(25)9-10-21(28)23(19)30/h2-6,9-10,16,18-19,28H,7-8,11-15H2,1H3/t16-,19?,25?/m0/s1. The predicted molar refractivity (Wildman–Crippen MR) is 116 cm³/mol. The van der Waals surface area contributed by atoms with E-state index in [1.165, 1.54) is 11.0 Å². The molecule has 1 saturated heterocycles. The van der Waals surface area contributed by atoms with Crippen LogP contribution in [0, 0.1) is 11.8 Å². The second-order valence-electron chi connectivity index (χ2n) is 9.43. The molecule has 0 bridgehead atoms. The number of hydrogen-bond donors (Lipinski definition) is 1. The Balaban J connectivity index is 1.32. The molecule has 32 heavy (non-hydrogen) atoms. The number of hydrogen-bond acceptors (Lipinski definition) is 5. The van der Waals surface area contributed by atoms with Crippen LogP contribution in [0.25, 0.3) is 0 Å². The maximum Gasteiger partial charge on any atom is 0.411 e. The monoisotopic (exact) mass is 436 g/mol. The molecule has 2 amide bonds. The van der Waals surface area contributed by atoms with Crippen molar-refractivity contribution >= 4 is 17.8 Å². The van der Waals surface area contributed by atoms with Gasteiger partial charge in [0.05, 0.1) is 12.5 Å². The second-order valence-corrected chi connectivity index (χ2v) is 9.43. The molecule has 7 heteroatoms. The van der Waals surface area contributed by atoms with Gasteiger partial charge in [-0.2, -0.15) is 0 Å². The average Bonchev–Trinajstić information content (AvgIpc) is 3.51. The molecule has 3 atom stereocenters. The van der Waals surface area contributed by atoms with Crippen LogP contribution in [0.4, 0.5) is 4.79 Å². The van der Waals surface area contributed by atoms with Crippen LogP contribution in [-0.4, -0.2) is 57.4 Å². The topological polar surface area (TPSA) is 87.2 Å². The molecule has 1 aromatic carbocycles. The fourth-order valence-electron chi connectivity index (χ4n) is 5.33. The smallest absolute Gasteiger partial charge is 0.411 e. The molecule has 1 heterocycles. The van der Waals surface area contributed by atoms with Crippen LogP contribution >= 0.6 is 0 Å². The molecule has 1 aromatic rings. The number of nitrogens with zero attached hydrogens (tertiary/aromatic N) is 2. The number of carbonyl (C=O) groups excluding carboxylic acids is 3. The molecule has 1 spiro atoms. The molecule has 168 valence electrons. The molecule has 3 aliphatic carbocycles. The first kappa shape index (κ1) is 20.8. The summed E-state index contributed by atoms with van der Waals surface area (Å²) >= 11 is 0. The molecule has 1 N–H and O–H groups in total. The van der Waals surface area contributed by atoms with Crippen LogP contribution in [0.2, 0.25) is 0 Å². The summed E-state index contributed by atoms with van der Waals surface area (Å²) in [6.07, 6.45) is 5.84. The normalized spacial score (nSPS) is 27.7. The van der Waals surface area contributed by atoms with Gasteiger partial charge in [-0.1, -0.05) is 36.4 Å². The van der Waals surface area contributed by atoms with Crippen LogP contribution < -0.4 is 0 Å². The third-order valence-electron chi connectivity index (χ3n) is 7.35. The number of aliphatic hydroxyl groups excluding tert-OH is 1. The molecule has 2 unspecified atom stereocenters. The first-order chi connectivity index (χ1) is 15.4. The molecular weight excluding hydrogens is 408 g/mol. The van der Waals surface area contributed by atoms with E-state index in [-0.39, 0.29) is 36.6 Å². The highest BCUT2D eigenvalue weighted by Gasteiger charge is 2.56. The van der Waals surface area contributed by atoms with E-state index >= 15 is 0 Å². The zero-order valence-corrected chi connectivity index (χ0v) is 18.2. The fraction of sp³-hybridized carbons (Fsp3) is 0.480. The Bertz CT molecular complexity index is 1010. The molecular formula is C25H28N2O5. The molecule has 7 nitrogen and oxygen atoms in total. The molecule has 1 aliphatic heterocycles. The van der Waals surface area contributed by atoms with Crippen molar-refractivity contribution in [1.29, 1.82) is 0 Å². The van der Waals surface area contributed by atoms with Crippen molar-refractivity contribution in [1.82, 2.24) is 9.80 Å². The van der Waals surface area contributed by atoms with Gasteiger partial charge < -0.3 is 14.7 Å². The lowest BCUT2D eigenvalue weighted by atomic mass is 9.86. The van der Waals surface area contributed by atoms with E-state index in [2.05, 4.69) is 6.92 Å². The van der Waals surface area contributed by atoms with Gasteiger partial charge in [-0.3, -0.25) is 14.5 Å². The summed E-state index contributed by atoms with van der Waals surface area (Å²) in [5.41, 5.74) is 0.905. The minimum atomic E-state index is -0.888. The Morgan fingerprint density at radius 3 is 2.69 bits per heavy atom. The van der Waals surface area contributed by atoms with E-state index in [1.54, 1.807) is 6.08 Å². The third kappa shape index (κ3) is 3.59. The number of rotatable bonds is 6. The fourth-order valence-corrected chi connectivity index (χ4v) is 5.33. The number of Topliss-reactive ketones (excluding diaryl/α,β-unsaturated/α-hetero) is 1. The summed E-state index contributed by atoms with van der Waals surface area (Å²) in [5.74, 6) is -0.612. The molecule has 5 rings (SSSR count). The Kier molecular flexibility index (Phi) is 5.07.